The van der Waals surface area contributed by atoms with Gasteiger partial charge < -0.3 is 10.1 Å². The van der Waals surface area contributed by atoms with E-state index in [1.807, 2.05) is 43.3 Å². The van der Waals surface area contributed by atoms with E-state index in [0.29, 0.717) is 5.02 Å². The maximum atomic E-state index is 11.9. The summed E-state index contributed by atoms with van der Waals surface area (Å²) in [4.78, 5) is 11.9. The molecule has 0 bridgehead atoms. The van der Waals surface area contributed by atoms with E-state index in [-0.39, 0.29) is 11.9 Å². The zero-order valence-corrected chi connectivity index (χ0v) is 13.3. The first kappa shape index (κ1) is 16.1. The van der Waals surface area contributed by atoms with Crippen molar-refractivity contribution in [2.75, 3.05) is 7.11 Å². The summed E-state index contributed by atoms with van der Waals surface area (Å²) in [5.41, 5.74) is 1.95. The third-order valence-corrected chi connectivity index (χ3v) is 3.52. The Labute approximate surface area is 135 Å². The normalized spacial score (nSPS) is 12.1. The summed E-state index contributed by atoms with van der Waals surface area (Å²) in [6, 6.07) is 14.9. The van der Waals surface area contributed by atoms with Gasteiger partial charge in [0.05, 0.1) is 13.2 Å². The molecular formula is C18H18ClNO2. The van der Waals surface area contributed by atoms with E-state index in [1.165, 1.54) is 6.08 Å². The number of methoxy groups -OCH3 is 1. The highest BCUT2D eigenvalue weighted by atomic mass is 35.5. The molecule has 0 aliphatic heterocycles. The number of nitrogens with one attached hydrogen (secondary N) is 1. The second-order valence-corrected chi connectivity index (χ2v) is 5.32. The monoisotopic (exact) mass is 315 g/mol. The second kappa shape index (κ2) is 7.66. The maximum Gasteiger partial charge on any atom is 0.244 e. The lowest BCUT2D eigenvalue weighted by Gasteiger charge is -2.13. The Kier molecular flexibility index (Phi) is 5.61. The quantitative estimate of drug-likeness (QED) is 0.838. The third kappa shape index (κ3) is 4.64. The molecule has 2 rings (SSSR count). The van der Waals surface area contributed by atoms with E-state index in [2.05, 4.69) is 5.32 Å². The summed E-state index contributed by atoms with van der Waals surface area (Å²) in [5.74, 6) is 0.656. The van der Waals surface area contributed by atoms with Gasteiger partial charge in [-0.2, -0.15) is 0 Å². The van der Waals surface area contributed by atoms with Crippen LogP contribution >= 0.6 is 11.6 Å². The molecular weight excluding hydrogens is 298 g/mol. The third-order valence-electron chi connectivity index (χ3n) is 3.27. The fourth-order valence-electron chi connectivity index (χ4n) is 1.98. The van der Waals surface area contributed by atoms with E-state index in [1.54, 1.807) is 25.3 Å². The fraction of sp³-hybridized carbons (Fsp3) is 0.167. The molecule has 0 aliphatic rings. The lowest BCUT2D eigenvalue weighted by Crippen LogP contribution is -2.24. The SMILES string of the molecule is COc1ccc([C@@H](C)NC(=O)/C=C/c2ccc(Cl)cc2)cc1. The Hall–Kier alpha value is -2.26. The van der Waals surface area contributed by atoms with Crippen molar-refractivity contribution in [3.63, 3.8) is 0 Å². The molecule has 114 valence electrons. The number of ether oxygens (including phenoxy) is 1. The van der Waals surface area contributed by atoms with Crippen LogP contribution in [0.1, 0.15) is 24.1 Å². The fourth-order valence-corrected chi connectivity index (χ4v) is 2.11. The molecule has 0 radical (unpaired) electrons. The van der Waals surface area contributed by atoms with Crippen molar-refractivity contribution < 1.29 is 9.53 Å². The van der Waals surface area contributed by atoms with Crippen LogP contribution in [0.25, 0.3) is 6.08 Å². The summed E-state index contributed by atoms with van der Waals surface area (Å²) in [5, 5.41) is 3.60. The van der Waals surface area contributed by atoms with Gasteiger partial charge in [-0.05, 0) is 48.4 Å². The molecule has 2 aromatic carbocycles. The lowest BCUT2D eigenvalue weighted by molar-refractivity contribution is -0.117. The zero-order valence-electron chi connectivity index (χ0n) is 12.5. The molecule has 2 aromatic rings. The molecule has 1 atom stereocenters. The summed E-state index contributed by atoms with van der Waals surface area (Å²) in [6.07, 6.45) is 3.27. The molecule has 0 fully saturated rings. The first-order chi connectivity index (χ1) is 10.6. The van der Waals surface area contributed by atoms with Crippen molar-refractivity contribution in [3.8, 4) is 5.75 Å². The van der Waals surface area contributed by atoms with Gasteiger partial charge in [0.15, 0.2) is 0 Å². The Balaban J connectivity index is 1.94. The molecule has 4 heteroatoms. The smallest absolute Gasteiger partial charge is 0.244 e. The van der Waals surface area contributed by atoms with Crippen LogP contribution in [-0.4, -0.2) is 13.0 Å². The van der Waals surface area contributed by atoms with Gasteiger partial charge in [-0.1, -0.05) is 35.9 Å². The average molecular weight is 316 g/mol. The van der Waals surface area contributed by atoms with E-state index >= 15 is 0 Å². The van der Waals surface area contributed by atoms with Gasteiger partial charge in [0.2, 0.25) is 5.91 Å². The van der Waals surface area contributed by atoms with Gasteiger partial charge in [-0.15, -0.1) is 0 Å². The van der Waals surface area contributed by atoms with Crippen molar-refractivity contribution >= 4 is 23.6 Å². The summed E-state index contributed by atoms with van der Waals surface area (Å²) >= 11 is 5.82. The molecule has 3 nitrogen and oxygen atoms in total. The van der Waals surface area contributed by atoms with Crippen LogP contribution in [0.3, 0.4) is 0 Å². The number of benzene rings is 2. The molecule has 0 aliphatic carbocycles. The van der Waals surface area contributed by atoms with Crippen molar-refractivity contribution in [3.05, 3.63) is 70.8 Å². The van der Waals surface area contributed by atoms with Gasteiger partial charge in [0.1, 0.15) is 5.75 Å². The predicted molar refractivity (Wildman–Crippen MR) is 90.0 cm³/mol. The summed E-state index contributed by atoms with van der Waals surface area (Å²) in [6.45, 7) is 1.94. The van der Waals surface area contributed by atoms with Crippen LogP contribution in [0.4, 0.5) is 0 Å². The molecule has 0 saturated carbocycles. The minimum absolute atomic E-state index is 0.0757. The number of hydrogen-bond acceptors (Lipinski definition) is 2. The average Bonchev–Trinajstić information content (AvgIpc) is 2.54. The molecule has 0 saturated heterocycles. The van der Waals surface area contributed by atoms with Gasteiger partial charge in [0.25, 0.3) is 0 Å². The second-order valence-electron chi connectivity index (χ2n) is 4.89. The van der Waals surface area contributed by atoms with Crippen LogP contribution < -0.4 is 10.1 Å². The number of carbonyl (C=O) groups is 1. The lowest BCUT2D eigenvalue weighted by atomic mass is 10.1. The number of halogens is 1. The first-order valence-corrected chi connectivity index (χ1v) is 7.34. The Morgan fingerprint density at radius 2 is 1.77 bits per heavy atom. The largest absolute Gasteiger partial charge is 0.497 e. The van der Waals surface area contributed by atoms with Crippen molar-refractivity contribution in [2.24, 2.45) is 0 Å². The molecule has 0 heterocycles. The molecule has 0 unspecified atom stereocenters. The Bertz CT molecular complexity index is 648. The van der Waals surface area contributed by atoms with Gasteiger partial charge in [-0.3, -0.25) is 4.79 Å². The van der Waals surface area contributed by atoms with Gasteiger partial charge in [0, 0.05) is 11.1 Å². The number of rotatable bonds is 5. The first-order valence-electron chi connectivity index (χ1n) is 6.96. The van der Waals surface area contributed by atoms with Crippen LogP contribution in [0, 0.1) is 0 Å². The minimum atomic E-state index is -0.140. The van der Waals surface area contributed by atoms with Crippen LogP contribution in [0.5, 0.6) is 5.75 Å². The molecule has 1 amide bonds. The number of carbonyl (C=O) groups excluding carboxylic acids is 1. The Morgan fingerprint density at radius 3 is 2.36 bits per heavy atom. The van der Waals surface area contributed by atoms with E-state index in [0.717, 1.165) is 16.9 Å². The molecule has 1 N–H and O–H groups in total. The standard InChI is InChI=1S/C18H18ClNO2/c1-13(15-6-10-17(22-2)11-7-15)20-18(21)12-5-14-3-8-16(19)9-4-14/h3-13H,1-2H3,(H,20,21)/b12-5+/t13-/m1/s1. The van der Waals surface area contributed by atoms with Crippen molar-refractivity contribution in [1.82, 2.24) is 5.32 Å². The van der Waals surface area contributed by atoms with Crippen LogP contribution in [0.2, 0.25) is 5.02 Å². The summed E-state index contributed by atoms with van der Waals surface area (Å²) in [7, 11) is 1.63. The highest BCUT2D eigenvalue weighted by Crippen LogP contribution is 2.17. The van der Waals surface area contributed by atoms with E-state index < -0.39 is 0 Å². The topological polar surface area (TPSA) is 38.3 Å². The highest BCUT2D eigenvalue weighted by molar-refractivity contribution is 6.30. The number of amides is 1. The maximum absolute atomic E-state index is 11.9. The van der Waals surface area contributed by atoms with Gasteiger partial charge in [-0.25, -0.2) is 0 Å². The van der Waals surface area contributed by atoms with E-state index in [9.17, 15) is 4.79 Å². The highest BCUT2D eigenvalue weighted by Gasteiger charge is 2.07. The van der Waals surface area contributed by atoms with Crippen molar-refractivity contribution in [1.29, 1.82) is 0 Å². The summed E-state index contributed by atoms with van der Waals surface area (Å²) < 4.78 is 5.12. The molecule has 22 heavy (non-hydrogen) atoms. The molecule has 0 aromatic heterocycles. The van der Waals surface area contributed by atoms with Gasteiger partial charge >= 0.3 is 0 Å². The van der Waals surface area contributed by atoms with Crippen LogP contribution in [-0.2, 0) is 4.79 Å². The van der Waals surface area contributed by atoms with Crippen molar-refractivity contribution in [2.45, 2.75) is 13.0 Å². The predicted octanol–water partition coefficient (Wildman–Crippen LogP) is 4.24. The molecule has 0 spiro atoms. The minimum Gasteiger partial charge on any atom is -0.497 e. The zero-order chi connectivity index (χ0) is 15.9. The van der Waals surface area contributed by atoms with E-state index in [4.69, 9.17) is 16.3 Å². The Morgan fingerprint density at radius 1 is 1.14 bits per heavy atom. The van der Waals surface area contributed by atoms with Crippen LogP contribution in [0.15, 0.2) is 54.6 Å². The number of hydrogen-bond donors (Lipinski definition) is 1.